The van der Waals surface area contributed by atoms with Gasteiger partial charge < -0.3 is 0 Å². The van der Waals surface area contributed by atoms with E-state index in [0.717, 1.165) is 11.8 Å². The van der Waals surface area contributed by atoms with Gasteiger partial charge in [-0.1, -0.05) is 48.0 Å². The predicted molar refractivity (Wildman–Crippen MR) is 50.5 cm³/mol. The van der Waals surface area contributed by atoms with Crippen LogP contribution in [0, 0.1) is 22.7 Å². The second-order valence-corrected chi connectivity index (χ2v) is 5.68. The summed E-state index contributed by atoms with van der Waals surface area (Å²) in [6, 6.07) is 0. The molecule has 11 heavy (non-hydrogen) atoms. The van der Waals surface area contributed by atoms with Gasteiger partial charge in [0.15, 0.2) is 0 Å². The predicted octanol–water partition coefficient (Wildman–Crippen LogP) is 3.71. The normalized spacial score (nSPS) is 35.5. The maximum atomic E-state index is 2.41. The van der Waals surface area contributed by atoms with Crippen LogP contribution in [0.3, 0.4) is 0 Å². The van der Waals surface area contributed by atoms with Gasteiger partial charge >= 0.3 is 0 Å². The van der Waals surface area contributed by atoms with Crippen LogP contribution in [-0.2, 0) is 0 Å². The van der Waals surface area contributed by atoms with E-state index < -0.39 is 0 Å². The Bertz CT molecular complexity index is 148. The Hall–Kier alpha value is 0. The third kappa shape index (κ3) is 1.32. The van der Waals surface area contributed by atoms with Gasteiger partial charge in [0.1, 0.15) is 0 Å². The lowest BCUT2D eigenvalue weighted by Crippen LogP contribution is -2.12. The molecule has 0 aromatic heterocycles. The van der Waals surface area contributed by atoms with Gasteiger partial charge in [0.05, 0.1) is 0 Å². The molecule has 66 valence electrons. The zero-order valence-electron chi connectivity index (χ0n) is 8.86. The summed E-state index contributed by atoms with van der Waals surface area (Å²) in [5, 5.41) is 0. The molecule has 0 aromatic rings. The van der Waals surface area contributed by atoms with E-state index in [1.165, 1.54) is 6.42 Å². The molecule has 0 bridgehead atoms. The van der Waals surface area contributed by atoms with Crippen LogP contribution in [0.25, 0.3) is 0 Å². The summed E-state index contributed by atoms with van der Waals surface area (Å²) in [5.41, 5.74) is 1.14. The Labute approximate surface area is 71.4 Å². The molecule has 0 saturated heterocycles. The van der Waals surface area contributed by atoms with Gasteiger partial charge in [-0.05, 0) is 22.7 Å². The molecular formula is C11H22. The fourth-order valence-corrected chi connectivity index (χ4v) is 3.23. The summed E-state index contributed by atoms with van der Waals surface area (Å²) in [5.74, 6) is 1.92. The lowest BCUT2D eigenvalue weighted by atomic mass is 9.85. The molecule has 1 rings (SSSR count). The van der Waals surface area contributed by atoms with Crippen molar-refractivity contribution in [2.45, 2.75) is 48.0 Å². The van der Waals surface area contributed by atoms with Gasteiger partial charge in [-0.2, -0.15) is 0 Å². The standard InChI is InChI=1S/C11H22/c1-7-8-9(10(2,3)4)11(8,5)6/h8-9H,7H2,1-6H3. The molecule has 0 nitrogen and oxygen atoms in total. The molecule has 0 spiro atoms. The van der Waals surface area contributed by atoms with E-state index in [9.17, 15) is 0 Å². The van der Waals surface area contributed by atoms with Crippen LogP contribution < -0.4 is 0 Å². The smallest absolute Gasteiger partial charge is 0.0278 e. The molecule has 0 amide bonds. The van der Waals surface area contributed by atoms with Crippen molar-refractivity contribution in [1.29, 1.82) is 0 Å². The molecule has 1 fully saturated rings. The first-order chi connectivity index (χ1) is 4.81. The molecule has 0 heterocycles. The van der Waals surface area contributed by atoms with Crippen molar-refractivity contribution < 1.29 is 0 Å². The Balaban J connectivity index is 2.66. The zero-order chi connectivity index (χ0) is 8.86. The SMILES string of the molecule is CCC1C(C(C)(C)C)C1(C)C. The van der Waals surface area contributed by atoms with E-state index in [-0.39, 0.29) is 0 Å². The van der Waals surface area contributed by atoms with Crippen LogP contribution >= 0.6 is 0 Å². The Morgan fingerprint density at radius 2 is 1.64 bits per heavy atom. The van der Waals surface area contributed by atoms with Crippen LogP contribution in [0.1, 0.15) is 48.0 Å². The molecule has 2 unspecified atom stereocenters. The lowest BCUT2D eigenvalue weighted by Gasteiger charge is -2.20. The van der Waals surface area contributed by atoms with E-state index in [2.05, 4.69) is 41.5 Å². The highest BCUT2D eigenvalue weighted by Gasteiger charge is 2.60. The molecule has 1 aliphatic carbocycles. The highest BCUT2D eigenvalue weighted by atomic mass is 14.6. The van der Waals surface area contributed by atoms with Crippen molar-refractivity contribution in [2.75, 3.05) is 0 Å². The van der Waals surface area contributed by atoms with Crippen molar-refractivity contribution in [3.05, 3.63) is 0 Å². The molecule has 0 N–H and O–H groups in total. The maximum Gasteiger partial charge on any atom is -0.0278 e. The molecule has 2 atom stereocenters. The minimum atomic E-state index is 0.518. The average molecular weight is 154 g/mol. The molecule has 0 heteroatoms. The monoisotopic (exact) mass is 154 g/mol. The van der Waals surface area contributed by atoms with Crippen molar-refractivity contribution >= 4 is 0 Å². The molecular weight excluding hydrogens is 132 g/mol. The van der Waals surface area contributed by atoms with Crippen LogP contribution in [-0.4, -0.2) is 0 Å². The minimum absolute atomic E-state index is 0.518. The van der Waals surface area contributed by atoms with E-state index in [4.69, 9.17) is 0 Å². The van der Waals surface area contributed by atoms with Gasteiger partial charge in [-0.25, -0.2) is 0 Å². The summed E-state index contributed by atoms with van der Waals surface area (Å²) in [6.45, 7) is 14.3. The Kier molecular flexibility index (Phi) is 1.85. The quantitative estimate of drug-likeness (QED) is 0.540. The minimum Gasteiger partial charge on any atom is -0.0651 e. The molecule has 0 aromatic carbocycles. The molecule has 0 aliphatic heterocycles. The van der Waals surface area contributed by atoms with E-state index >= 15 is 0 Å². The third-order valence-electron chi connectivity index (χ3n) is 3.42. The fraction of sp³-hybridized carbons (Fsp3) is 1.00. The summed E-state index contributed by atoms with van der Waals surface area (Å²) in [4.78, 5) is 0. The topological polar surface area (TPSA) is 0 Å². The number of rotatable bonds is 1. The summed E-state index contributed by atoms with van der Waals surface area (Å²) >= 11 is 0. The van der Waals surface area contributed by atoms with Crippen LogP contribution in [0.4, 0.5) is 0 Å². The highest BCUT2D eigenvalue weighted by Crippen LogP contribution is 2.66. The van der Waals surface area contributed by atoms with E-state index in [0.29, 0.717) is 10.8 Å². The average Bonchev–Trinajstić information content (AvgIpc) is 2.31. The van der Waals surface area contributed by atoms with Crippen molar-refractivity contribution in [3.8, 4) is 0 Å². The van der Waals surface area contributed by atoms with Gasteiger partial charge in [-0.15, -0.1) is 0 Å². The largest absolute Gasteiger partial charge is 0.0651 e. The van der Waals surface area contributed by atoms with Gasteiger partial charge in [0, 0.05) is 0 Å². The molecule has 0 radical (unpaired) electrons. The van der Waals surface area contributed by atoms with Crippen molar-refractivity contribution in [1.82, 2.24) is 0 Å². The molecule has 1 saturated carbocycles. The van der Waals surface area contributed by atoms with Gasteiger partial charge in [-0.3, -0.25) is 0 Å². The van der Waals surface area contributed by atoms with Gasteiger partial charge in [0.25, 0.3) is 0 Å². The van der Waals surface area contributed by atoms with Crippen LogP contribution in [0.15, 0.2) is 0 Å². The third-order valence-corrected chi connectivity index (χ3v) is 3.42. The van der Waals surface area contributed by atoms with E-state index in [1.807, 2.05) is 0 Å². The Morgan fingerprint density at radius 3 is 1.73 bits per heavy atom. The molecule has 1 aliphatic rings. The highest BCUT2D eigenvalue weighted by molar-refractivity contribution is 5.08. The second-order valence-electron chi connectivity index (χ2n) is 5.68. The van der Waals surface area contributed by atoms with Crippen molar-refractivity contribution in [3.63, 3.8) is 0 Å². The first kappa shape index (κ1) is 9.09. The lowest BCUT2D eigenvalue weighted by molar-refractivity contribution is 0.296. The van der Waals surface area contributed by atoms with Crippen molar-refractivity contribution in [2.24, 2.45) is 22.7 Å². The van der Waals surface area contributed by atoms with Gasteiger partial charge in [0.2, 0.25) is 0 Å². The summed E-state index contributed by atoms with van der Waals surface area (Å²) in [7, 11) is 0. The fourth-order valence-electron chi connectivity index (χ4n) is 3.23. The first-order valence-corrected chi connectivity index (χ1v) is 4.81. The number of hydrogen-bond acceptors (Lipinski definition) is 0. The summed E-state index contributed by atoms with van der Waals surface area (Å²) < 4.78 is 0. The number of hydrogen-bond donors (Lipinski definition) is 0. The zero-order valence-corrected chi connectivity index (χ0v) is 8.86. The second kappa shape index (κ2) is 2.24. The first-order valence-electron chi connectivity index (χ1n) is 4.81. The van der Waals surface area contributed by atoms with Crippen LogP contribution in [0.2, 0.25) is 0 Å². The van der Waals surface area contributed by atoms with Crippen LogP contribution in [0.5, 0.6) is 0 Å². The maximum absolute atomic E-state index is 2.41. The summed E-state index contributed by atoms with van der Waals surface area (Å²) in [6.07, 6.45) is 1.36. The van der Waals surface area contributed by atoms with E-state index in [1.54, 1.807) is 0 Å². The Morgan fingerprint density at radius 1 is 1.18 bits per heavy atom.